The Morgan fingerprint density at radius 3 is 2.53 bits per heavy atom. The first kappa shape index (κ1) is 16.6. The standard InChI is InChI=1S/C16H25BrFN/c1-5-8-19-14(11-16(2,3)4)9-12-6-7-13(18)10-15(12)17/h6-7,10,14,19H,5,8-9,11H2,1-4H3. The van der Waals surface area contributed by atoms with Gasteiger partial charge in [0.1, 0.15) is 5.82 Å². The van der Waals surface area contributed by atoms with Crippen LogP contribution in [0.1, 0.15) is 46.1 Å². The molecule has 0 aliphatic rings. The van der Waals surface area contributed by atoms with Crippen molar-refractivity contribution in [3.63, 3.8) is 0 Å². The molecule has 0 fully saturated rings. The number of halogens is 2. The molecule has 1 unspecified atom stereocenters. The molecular formula is C16H25BrFN. The van der Waals surface area contributed by atoms with Crippen molar-refractivity contribution in [1.82, 2.24) is 5.32 Å². The minimum Gasteiger partial charge on any atom is -0.314 e. The van der Waals surface area contributed by atoms with Gasteiger partial charge in [0.2, 0.25) is 0 Å². The maximum Gasteiger partial charge on any atom is 0.124 e. The van der Waals surface area contributed by atoms with Gasteiger partial charge in [-0.3, -0.25) is 0 Å². The third-order valence-electron chi connectivity index (χ3n) is 3.02. The van der Waals surface area contributed by atoms with Gasteiger partial charge in [-0.2, -0.15) is 0 Å². The Balaban J connectivity index is 2.75. The molecule has 0 amide bonds. The van der Waals surface area contributed by atoms with Crippen LogP contribution in [0.3, 0.4) is 0 Å². The summed E-state index contributed by atoms with van der Waals surface area (Å²) in [7, 11) is 0. The molecule has 1 aromatic carbocycles. The molecule has 0 aliphatic carbocycles. The molecule has 0 heterocycles. The second kappa shape index (κ2) is 7.39. The zero-order chi connectivity index (χ0) is 14.5. The van der Waals surface area contributed by atoms with E-state index in [0.717, 1.165) is 30.3 Å². The summed E-state index contributed by atoms with van der Waals surface area (Å²) in [4.78, 5) is 0. The van der Waals surface area contributed by atoms with Crippen molar-refractivity contribution >= 4 is 15.9 Å². The van der Waals surface area contributed by atoms with Crippen molar-refractivity contribution in [2.75, 3.05) is 6.54 Å². The molecule has 3 heteroatoms. The van der Waals surface area contributed by atoms with Gasteiger partial charge in [0.05, 0.1) is 0 Å². The van der Waals surface area contributed by atoms with Gasteiger partial charge in [-0.05, 0) is 48.9 Å². The average Bonchev–Trinajstić information content (AvgIpc) is 2.27. The summed E-state index contributed by atoms with van der Waals surface area (Å²) in [6.07, 6.45) is 3.17. The Bertz CT molecular complexity index is 398. The van der Waals surface area contributed by atoms with E-state index >= 15 is 0 Å². The number of benzene rings is 1. The molecule has 1 atom stereocenters. The second-order valence-corrected chi connectivity index (χ2v) is 7.21. The van der Waals surface area contributed by atoms with Crippen molar-refractivity contribution in [3.05, 3.63) is 34.1 Å². The van der Waals surface area contributed by atoms with Crippen LogP contribution in [0, 0.1) is 11.2 Å². The zero-order valence-electron chi connectivity index (χ0n) is 12.4. The van der Waals surface area contributed by atoms with Crippen LogP contribution in [0.2, 0.25) is 0 Å². The summed E-state index contributed by atoms with van der Waals surface area (Å²) >= 11 is 3.46. The second-order valence-electron chi connectivity index (χ2n) is 6.36. The van der Waals surface area contributed by atoms with Crippen LogP contribution < -0.4 is 5.32 Å². The normalized spacial score (nSPS) is 13.6. The summed E-state index contributed by atoms with van der Waals surface area (Å²) in [5, 5.41) is 3.60. The highest BCUT2D eigenvalue weighted by Crippen LogP contribution is 2.25. The monoisotopic (exact) mass is 329 g/mol. The lowest BCUT2D eigenvalue weighted by Gasteiger charge is -2.27. The maximum absolute atomic E-state index is 13.1. The fourth-order valence-electron chi connectivity index (χ4n) is 2.26. The Hall–Kier alpha value is -0.410. The minimum atomic E-state index is -0.190. The fourth-order valence-corrected chi connectivity index (χ4v) is 2.77. The first-order chi connectivity index (χ1) is 8.81. The smallest absolute Gasteiger partial charge is 0.124 e. The highest BCUT2D eigenvalue weighted by Gasteiger charge is 2.19. The van der Waals surface area contributed by atoms with Crippen molar-refractivity contribution < 1.29 is 4.39 Å². The number of hydrogen-bond acceptors (Lipinski definition) is 1. The van der Waals surface area contributed by atoms with Crippen molar-refractivity contribution in [1.29, 1.82) is 0 Å². The lowest BCUT2D eigenvalue weighted by atomic mass is 9.86. The Labute approximate surface area is 125 Å². The Morgan fingerprint density at radius 1 is 1.32 bits per heavy atom. The maximum atomic E-state index is 13.1. The van der Waals surface area contributed by atoms with E-state index in [4.69, 9.17) is 0 Å². The van der Waals surface area contributed by atoms with E-state index in [-0.39, 0.29) is 11.2 Å². The van der Waals surface area contributed by atoms with E-state index in [2.05, 4.69) is 48.9 Å². The van der Waals surface area contributed by atoms with Crippen molar-refractivity contribution in [3.8, 4) is 0 Å². The van der Waals surface area contributed by atoms with E-state index in [1.165, 1.54) is 11.6 Å². The lowest BCUT2D eigenvalue weighted by Crippen LogP contribution is -2.35. The molecule has 19 heavy (non-hydrogen) atoms. The molecule has 0 bridgehead atoms. The van der Waals surface area contributed by atoms with Gasteiger partial charge < -0.3 is 5.32 Å². The summed E-state index contributed by atoms with van der Waals surface area (Å²) in [5.41, 5.74) is 1.46. The molecule has 0 spiro atoms. The van der Waals surface area contributed by atoms with Gasteiger partial charge in [-0.15, -0.1) is 0 Å². The molecule has 1 aromatic rings. The average molecular weight is 330 g/mol. The van der Waals surface area contributed by atoms with E-state index in [9.17, 15) is 4.39 Å². The zero-order valence-corrected chi connectivity index (χ0v) is 14.0. The van der Waals surface area contributed by atoms with Crippen LogP contribution in [0.25, 0.3) is 0 Å². The summed E-state index contributed by atoms with van der Waals surface area (Å²) in [6, 6.07) is 5.39. The Morgan fingerprint density at radius 2 is 2.00 bits per heavy atom. The Kier molecular flexibility index (Phi) is 6.48. The van der Waals surface area contributed by atoms with Crippen LogP contribution in [0.15, 0.2) is 22.7 Å². The van der Waals surface area contributed by atoms with E-state index < -0.39 is 0 Å². The van der Waals surface area contributed by atoms with Crippen LogP contribution in [-0.2, 0) is 6.42 Å². The minimum absolute atomic E-state index is 0.190. The number of hydrogen-bond donors (Lipinski definition) is 1. The molecule has 1 N–H and O–H groups in total. The highest BCUT2D eigenvalue weighted by molar-refractivity contribution is 9.10. The van der Waals surface area contributed by atoms with E-state index in [0.29, 0.717) is 6.04 Å². The van der Waals surface area contributed by atoms with Gasteiger partial charge in [-0.25, -0.2) is 4.39 Å². The van der Waals surface area contributed by atoms with Crippen molar-refractivity contribution in [2.24, 2.45) is 5.41 Å². The van der Waals surface area contributed by atoms with Crippen LogP contribution >= 0.6 is 15.9 Å². The van der Waals surface area contributed by atoms with Gasteiger partial charge in [0, 0.05) is 10.5 Å². The molecule has 0 aromatic heterocycles. The lowest BCUT2D eigenvalue weighted by molar-refractivity contribution is 0.306. The molecule has 0 radical (unpaired) electrons. The largest absolute Gasteiger partial charge is 0.314 e. The predicted octanol–water partition coefficient (Wildman–Crippen LogP) is 4.94. The predicted molar refractivity (Wildman–Crippen MR) is 84.0 cm³/mol. The first-order valence-corrected chi connectivity index (χ1v) is 7.78. The molecule has 0 saturated carbocycles. The fraction of sp³-hybridized carbons (Fsp3) is 0.625. The van der Waals surface area contributed by atoms with Crippen LogP contribution in [0.4, 0.5) is 4.39 Å². The topological polar surface area (TPSA) is 12.0 Å². The molecule has 0 saturated heterocycles. The van der Waals surface area contributed by atoms with Gasteiger partial charge in [-0.1, -0.05) is 49.7 Å². The number of nitrogens with one attached hydrogen (secondary N) is 1. The summed E-state index contributed by atoms with van der Waals surface area (Å²) < 4.78 is 14.0. The third kappa shape index (κ3) is 6.53. The molecule has 1 rings (SSSR count). The molecular weight excluding hydrogens is 305 g/mol. The van der Waals surface area contributed by atoms with E-state index in [1.807, 2.05) is 6.07 Å². The third-order valence-corrected chi connectivity index (χ3v) is 3.76. The SMILES string of the molecule is CCCNC(Cc1ccc(F)cc1Br)CC(C)(C)C. The van der Waals surface area contributed by atoms with E-state index in [1.54, 1.807) is 6.07 Å². The van der Waals surface area contributed by atoms with Crippen molar-refractivity contribution in [2.45, 2.75) is 53.0 Å². The van der Waals surface area contributed by atoms with Crippen LogP contribution in [0.5, 0.6) is 0 Å². The number of rotatable bonds is 6. The first-order valence-electron chi connectivity index (χ1n) is 6.99. The molecule has 0 aliphatic heterocycles. The summed E-state index contributed by atoms with van der Waals surface area (Å²) in [5.74, 6) is -0.190. The quantitative estimate of drug-likeness (QED) is 0.779. The highest BCUT2D eigenvalue weighted by atomic mass is 79.9. The van der Waals surface area contributed by atoms with Crippen LogP contribution in [-0.4, -0.2) is 12.6 Å². The molecule has 1 nitrogen and oxygen atoms in total. The van der Waals surface area contributed by atoms with Gasteiger partial charge in [0.25, 0.3) is 0 Å². The summed E-state index contributed by atoms with van der Waals surface area (Å²) in [6.45, 7) is 9.97. The van der Waals surface area contributed by atoms with Gasteiger partial charge in [0.15, 0.2) is 0 Å². The molecule has 108 valence electrons. The van der Waals surface area contributed by atoms with Gasteiger partial charge >= 0.3 is 0 Å².